The van der Waals surface area contributed by atoms with Crippen LogP contribution in [0.15, 0.2) is 0 Å². The highest BCUT2D eigenvalue weighted by molar-refractivity contribution is 5.78. The molecular weight excluding hydrogens is 356 g/mol. The van der Waals surface area contributed by atoms with E-state index in [0.717, 1.165) is 12.8 Å². The van der Waals surface area contributed by atoms with Gasteiger partial charge in [-0.3, -0.25) is 4.79 Å². The van der Waals surface area contributed by atoms with Crippen LogP contribution in [0.3, 0.4) is 0 Å². The summed E-state index contributed by atoms with van der Waals surface area (Å²) in [7, 11) is 0. The standard InChI is InChI=1S/C20H35F2NO4/c1-14(2)19(24)23-18(13-27-17-6-10-25-11-7-17)15(3)26-12-16-4-8-20(21,22)9-5-16/h14-18H,4-13H2,1-3H3,(H,23,24). The van der Waals surface area contributed by atoms with Crippen LogP contribution in [0.5, 0.6) is 0 Å². The van der Waals surface area contributed by atoms with E-state index < -0.39 is 5.92 Å². The van der Waals surface area contributed by atoms with E-state index in [1.54, 1.807) is 0 Å². The highest BCUT2D eigenvalue weighted by atomic mass is 19.3. The minimum absolute atomic E-state index is 0.0386. The number of amides is 1. The molecular formula is C20H35F2NO4. The van der Waals surface area contributed by atoms with E-state index in [2.05, 4.69) is 5.32 Å². The van der Waals surface area contributed by atoms with Crippen molar-refractivity contribution in [3.05, 3.63) is 0 Å². The van der Waals surface area contributed by atoms with Gasteiger partial charge in [0, 0.05) is 38.6 Å². The van der Waals surface area contributed by atoms with Crippen LogP contribution in [0.1, 0.15) is 59.3 Å². The third-order valence-corrected chi connectivity index (χ3v) is 5.53. The molecule has 2 rings (SSSR count). The van der Waals surface area contributed by atoms with Crippen LogP contribution in [0, 0.1) is 11.8 Å². The van der Waals surface area contributed by atoms with Gasteiger partial charge in [-0.15, -0.1) is 0 Å². The summed E-state index contributed by atoms with van der Waals surface area (Å²) in [5.41, 5.74) is 0. The van der Waals surface area contributed by atoms with Crippen LogP contribution in [-0.2, 0) is 19.0 Å². The molecule has 7 heteroatoms. The van der Waals surface area contributed by atoms with E-state index in [9.17, 15) is 13.6 Å². The molecule has 2 atom stereocenters. The zero-order valence-corrected chi connectivity index (χ0v) is 16.8. The van der Waals surface area contributed by atoms with Gasteiger partial charge < -0.3 is 19.5 Å². The smallest absolute Gasteiger partial charge is 0.248 e. The number of halogens is 2. The van der Waals surface area contributed by atoms with Crippen molar-refractivity contribution in [2.75, 3.05) is 26.4 Å². The molecule has 1 saturated heterocycles. The van der Waals surface area contributed by atoms with Crippen LogP contribution >= 0.6 is 0 Å². The molecule has 2 fully saturated rings. The van der Waals surface area contributed by atoms with Crippen molar-refractivity contribution in [2.45, 2.75) is 83.5 Å². The first kappa shape index (κ1) is 22.5. The maximum absolute atomic E-state index is 13.3. The van der Waals surface area contributed by atoms with Crippen LogP contribution in [0.25, 0.3) is 0 Å². The Morgan fingerprint density at radius 2 is 1.78 bits per heavy atom. The van der Waals surface area contributed by atoms with Crippen molar-refractivity contribution >= 4 is 5.91 Å². The Balaban J connectivity index is 1.81. The van der Waals surface area contributed by atoms with Crippen LogP contribution < -0.4 is 5.32 Å². The first-order chi connectivity index (χ1) is 12.8. The number of rotatable bonds is 9. The molecule has 0 aromatic carbocycles. The Kier molecular flexibility index (Phi) is 8.89. The maximum atomic E-state index is 13.3. The predicted molar refractivity (Wildman–Crippen MR) is 98.9 cm³/mol. The monoisotopic (exact) mass is 391 g/mol. The van der Waals surface area contributed by atoms with E-state index in [1.165, 1.54) is 0 Å². The van der Waals surface area contributed by atoms with Crippen LogP contribution in [0.2, 0.25) is 0 Å². The molecule has 1 aliphatic heterocycles. The number of carbonyl (C=O) groups excluding carboxylic acids is 1. The molecule has 0 bridgehead atoms. The summed E-state index contributed by atoms with van der Waals surface area (Å²) in [6, 6.07) is -0.257. The van der Waals surface area contributed by atoms with E-state index in [1.807, 2.05) is 20.8 Å². The van der Waals surface area contributed by atoms with Crippen molar-refractivity contribution < 1.29 is 27.8 Å². The van der Waals surface area contributed by atoms with Crippen molar-refractivity contribution in [3.63, 3.8) is 0 Å². The SMILES string of the molecule is CC(C)C(=O)NC(COC1CCOCC1)C(C)OCC1CCC(F)(F)CC1. The summed E-state index contributed by atoms with van der Waals surface area (Å²) in [5, 5.41) is 3.02. The minimum Gasteiger partial charge on any atom is -0.381 e. The average Bonchev–Trinajstić information content (AvgIpc) is 2.64. The Morgan fingerprint density at radius 1 is 1.15 bits per heavy atom. The number of alkyl halides is 2. The number of nitrogens with one attached hydrogen (secondary N) is 1. The van der Waals surface area contributed by atoms with E-state index in [4.69, 9.17) is 14.2 Å². The summed E-state index contributed by atoms with van der Waals surface area (Å²) < 4.78 is 43.9. The fourth-order valence-corrected chi connectivity index (χ4v) is 3.40. The summed E-state index contributed by atoms with van der Waals surface area (Å²) in [6.07, 6.45) is 2.47. The van der Waals surface area contributed by atoms with E-state index in [0.29, 0.717) is 39.3 Å². The second kappa shape index (κ2) is 10.7. The molecule has 158 valence electrons. The summed E-state index contributed by atoms with van der Waals surface area (Å²) in [4.78, 5) is 12.2. The van der Waals surface area contributed by atoms with Crippen LogP contribution in [-0.4, -0.2) is 56.5 Å². The third kappa shape index (κ3) is 8.00. The van der Waals surface area contributed by atoms with E-state index in [-0.39, 0.29) is 48.8 Å². The zero-order valence-electron chi connectivity index (χ0n) is 16.8. The molecule has 1 saturated carbocycles. The van der Waals surface area contributed by atoms with Gasteiger partial charge in [0.2, 0.25) is 11.8 Å². The van der Waals surface area contributed by atoms with Crippen LogP contribution in [0.4, 0.5) is 8.78 Å². The number of carbonyl (C=O) groups is 1. The highest BCUT2D eigenvalue weighted by Gasteiger charge is 2.35. The van der Waals surface area contributed by atoms with Crippen molar-refractivity contribution in [2.24, 2.45) is 11.8 Å². The quantitative estimate of drug-likeness (QED) is 0.653. The summed E-state index contributed by atoms with van der Waals surface area (Å²) in [6.45, 7) is 7.84. The fourth-order valence-electron chi connectivity index (χ4n) is 3.40. The second-order valence-electron chi connectivity index (χ2n) is 8.25. The molecule has 27 heavy (non-hydrogen) atoms. The van der Waals surface area contributed by atoms with Gasteiger partial charge in [-0.1, -0.05) is 13.8 Å². The van der Waals surface area contributed by atoms with Gasteiger partial charge in [-0.05, 0) is 38.5 Å². The lowest BCUT2D eigenvalue weighted by molar-refractivity contribution is -0.128. The first-order valence-corrected chi connectivity index (χ1v) is 10.3. The molecule has 1 heterocycles. The first-order valence-electron chi connectivity index (χ1n) is 10.3. The van der Waals surface area contributed by atoms with Gasteiger partial charge in [0.25, 0.3) is 0 Å². The van der Waals surface area contributed by atoms with Gasteiger partial charge in [-0.2, -0.15) is 0 Å². The normalized spacial score (nSPS) is 23.9. The lowest BCUT2D eigenvalue weighted by Crippen LogP contribution is -2.48. The average molecular weight is 391 g/mol. The minimum atomic E-state index is -2.52. The van der Waals surface area contributed by atoms with Gasteiger partial charge in [-0.25, -0.2) is 8.78 Å². The molecule has 0 spiro atoms. The van der Waals surface area contributed by atoms with Gasteiger partial charge in [0.05, 0.1) is 24.9 Å². The third-order valence-electron chi connectivity index (χ3n) is 5.53. The number of hydrogen-bond donors (Lipinski definition) is 1. The molecule has 2 aliphatic rings. The Hall–Kier alpha value is -0.790. The molecule has 1 aliphatic carbocycles. The van der Waals surface area contributed by atoms with Gasteiger partial charge >= 0.3 is 0 Å². The lowest BCUT2D eigenvalue weighted by atomic mass is 9.87. The summed E-state index contributed by atoms with van der Waals surface area (Å²) in [5.74, 6) is -2.52. The Morgan fingerprint density at radius 3 is 2.37 bits per heavy atom. The van der Waals surface area contributed by atoms with E-state index >= 15 is 0 Å². The Bertz CT molecular complexity index is 445. The number of hydrogen-bond acceptors (Lipinski definition) is 4. The van der Waals surface area contributed by atoms with Crippen molar-refractivity contribution in [3.8, 4) is 0 Å². The molecule has 1 amide bonds. The lowest BCUT2D eigenvalue weighted by Gasteiger charge is -2.32. The van der Waals surface area contributed by atoms with Gasteiger partial charge in [0.1, 0.15) is 0 Å². The number of ether oxygens (including phenoxy) is 3. The predicted octanol–water partition coefficient (Wildman–Crippen LogP) is 3.55. The second-order valence-corrected chi connectivity index (χ2v) is 8.25. The van der Waals surface area contributed by atoms with Gasteiger partial charge in [0.15, 0.2) is 0 Å². The molecule has 1 N–H and O–H groups in total. The molecule has 0 aromatic heterocycles. The zero-order chi connectivity index (χ0) is 19.9. The van der Waals surface area contributed by atoms with Crippen molar-refractivity contribution in [1.29, 1.82) is 0 Å². The molecule has 2 unspecified atom stereocenters. The summed E-state index contributed by atoms with van der Waals surface area (Å²) >= 11 is 0. The Labute approximate surface area is 161 Å². The van der Waals surface area contributed by atoms with Crippen molar-refractivity contribution in [1.82, 2.24) is 5.32 Å². The molecule has 5 nitrogen and oxygen atoms in total. The fraction of sp³-hybridized carbons (Fsp3) is 0.950. The maximum Gasteiger partial charge on any atom is 0.248 e. The topological polar surface area (TPSA) is 56.8 Å². The molecule has 0 aromatic rings. The largest absolute Gasteiger partial charge is 0.381 e. The highest BCUT2D eigenvalue weighted by Crippen LogP contribution is 2.36. The molecule has 0 radical (unpaired) electrons.